The van der Waals surface area contributed by atoms with Crippen LogP contribution in [0.2, 0.25) is 0 Å². The van der Waals surface area contributed by atoms with Gasteiger partial charge in [-0.05, 0) is 56.5 Å². The second kappa shape index (κ2) is 8.50. The van der Waals surface area contributed by atoms with E-state index in [1.165, 1.54) is 58.2 Å². The summed E-state index contributed by atoms with van der Waals surface area (Å²) in [6, 6.07) is 0.582. The Kier molecular flexibility index (Phi) is 6.97. The van der Waals surface area contributed by atoms with E-state index in [1.807, 2.05) is 0 Å². The Labute approximate surface area is 131 Å². The third kappa shape index (κ3) is 5.54. The van der Waals surface area contributed by atoms with E-state index in [4.69, 9.17) is 4.74 Å². The highest BCUT2D eigenvalue weighted by atomic mass is 16.5. The van der Waals surface area contributed by atoms with Crippen LogP contribution in [0.25, 0.3) is 0 Å². The van der Waals surface area contributed by atoms with Crippen molar-refractivity contribution in [2.75, 3.05) is 39.4 Å². The maximum absolute atomic E-state index is 5.63. The summed E-state index contributed by atoms with van der Waals surface area (Å²) in [6.07, 6.45) is 8.04. The van der Waals surface area contributed by atoms with Crippen LogP contribution in [-0.2, 0) is 4.74 Å². The highest BCUT2D eigenvalue weighted by Crippen LogP contribution is 2.32. The van der Waals surface area contributed by atoms with Crippen molar-refractivity contribution in [1.82, 2.24) is 10.2 Å². The van der Waals surface area contributed by atoms with Gasteiger partial charge in [0.05, 0.1) is 0 Å². The van der Waals surface area contributed by atoms with Gasteiger partial charge in [0.2, 0.25) is 0 Å². The molecule has 3 heteroatoms. The number of hydrogen-bond donors (Lipinski definition) is 1. The molecule has 0 spiro atoms. The van der Waals surface area contributed by atoms with E-state index < -0.39 is 0 Å². The summed E-state index contributed by atoms with van der Waals surface area (Å²) in [4.78, 5) is 2.75. The molecule has 2 fully saturated rings. The van der Waals surface area contributed by atoms with Gasteiger partial charge in [-0.15, -0.1) is 0 Å². The van der Waals surface area contributed by atoms with E-state index in [0.29, 0.717) is 11.5 Å². The first kappa shape index (κ1) is 17.2. The first-order valence-corrected chi connectivity index (χ1v) is 9.17. The van der Waals surface area contributed by atoms with Crippen LogP contribution in [-0.4, -0.2) is 50.3 Å². The van der Waals surface area contributed by atoms with Gasteiger partial charge in [0.1, 0.15) is 0 Å². The lowest BCUT2D eigenvalue weighted by molar-refractivity contribution is -0.00489. The predicted octanol–water partition coefficient (Wildman–Crippen LogP) is 3.29. The normalized spacial score (nSPS) is 27.7. The van der Waals surface area contributed by atoms with Gasteiger partial charge >= 0.3 is 0 Å². The molecule has 2 rings (SSSR count). The Morgan fingerprint density at radius 2 is 1.95 bits per heavy atom. The standard InChI is InChI=1S/C18H36N2O/c1-4-17-6-5-10-20(11-7-17)15-18(14-19-16(2)3)8-12-21-13-9-18/h16-17,19H,4-15H2,1-3H3. The minimum absolute atomic E-state index is 0.439. The van der Waals surface area contributed by atoms with Crippen LogP contribution in [0.3, 0.4) is 0 Å². The van der Waals surface area contributed by atoms with E-state index in [-0.39, 0.29) is 0 Å². The molecule has 0 bridgehead atoms. The van der Waals surface area contributed by atoms with Gasteiger partial charge in [0, 0.05) is 32.3 Å². The smallest absolute Gasteiger partial charge is 0.0472 e. The van der Waals surface area contributed by atoms with E-state index >= 15 is 0 Å². The summed E-state index contributed by atoms with van der Waals surface area (Å²) in [5.41, 5.74) is 0.439. The summed E-state index contributed by atoms with van der Waals surface area (Å²) in [7, 11) is 0. The Bertz CT molecular complexity index is 287. The van der Waals surface area contributed by atoms with Crippen LogP contribution in [0, 0.1) is 11.3 Å². The van der Waals surface area contributed by atoms with Crippen molar-refractivity contribution in [1.29, 1.82) is 0 Å². The molecule has 3 nitrogen and oxygen atoms in total. The number of nitrogens with one attached hydrogen (secondary N) is 1. The Hall–Kier alpha value is -0.120. The maximum atomic E-state index is 5.63. The minimum Gasteiger partial charge on any atom is -0.381 e. The topological polar surface area (TPSA) is 24.5 Å². The Morgan fingerprint density at radius 1 is 1.19 bits per heavy atom. The average Bonchev–Trinajstić information content (AvgIpc) is 2.71. The largest absolute Gasteiger partial charge is 0.381 e. The first-order chi connectivity index (χ1) is 10.1. The van der Waals surface area contributed by atoms with E-state index in [0.717, 1.165) is 25.7 Å². The van der Waals surface area contributed by atoms with Crippen molar-refractivity contribution >= 4 is 0 Å². The number of likely N-dealkylation sites (tertiary alicyclic amines) is 1. The van der Waals surface area contributed by atoms with Crippen LogP contribution in [0.5, 0.6) is 0 Å². The van der Waals surface area contributed by atoms with Crippen molar-refractivity contribution in [3.63, 3.8) is 0 Å². The highest BCUT2D eigenvalue weighted by molar-refractivity contribution is 4.88. The monoisotopic (exact) mass is 296 g/mol. The fourth-order valence-electron chi connectivity index (χ4n) is 3.88. The third-order valence-electron chi connectivity index (χ3n) is 5.52. The quantitative estimate of drug-likeness (QED) is 0.814. The summed E-state index contributed by atoms with van der Waals surface area (Å²) in [5, 5.41) is 3.70. The molecule has 124 valence electrons. The maximum Gasteiger partial charge on any atom is 0.0472 e. The lowest BCUT2D eigenvalue weighted by Crippen LogP contribution is -2.48. The van der Waals surface area contributed by atoms with E-state index in [2.05, 4.69) is 31.0 Å². The van der Waals surface area contributed by atoms with Gasteiger partial charge in [0.25, 0.3) is 0 Å². The second-order valence-electron chi connectivity index (χ2n) is 7.63. The number of ether oxygens (including phenoxy) is 1. The molecule has 0 aliphatic carbocycles. The van der Waals surface area contributed by atoms with Crippen LogP contribution < -0.4 is 5.32 Å². The van der Waals surface area contributed by atoms with Crippen molar-refractivity contribution in [2.24, 2.45) is 11.3 Å². The number of rotatable bonds is 6. The molecule has 2 aliphatic rings. The van der Waals surface area contributed by atoms with Gasteiger partial charge in [-0.2, -0.15) is 0 Å². The lowest BCUT2D eigenvalue weighted by atomic mass is 9.79. The zero-order chi connectivity index (χ0) is 15.1. The Balaban J connectivity index is 1.91. The van der Waals surface area contributed by atoms with E-state index in [9.17, 15) is 0 Å². The molecule has 0 aromatic heterocycles. The van der Waals surface area contributed by atoms with Crippen LogP contribution >= 0.6 is 0 Å². The molecule has 0 radical (unpaired) electrons. The van der Waals surface area contributed by atoms with Gasteiger partial charge in [-0.1, -0.05) is 27.2 Å². The predicted molar refractivity (Wildman–Crippen MR) is 89.7 cm³/mol. The first-order valence-electron chi connectivity index (χ1n) is 9.17. The molecule has 2 saturated heterocycles. The van der Waals surface area contributed by atoms with Crippen molar-refractivity contribution in [3.05, 3.63) is 0 Å². The molecule has 0 aromatic carbocycles. The molecule has 0 saturated carbocycles. The molecular formula is C18H36N2O. The van der Waals surface area contributed by atoms with Gasteiger partial charge in [0.15, 0.2) is 0 Å². The van der Waals surface area contributed by atoms with Crippen molar-refractivity contribution in [2.45, 2.75) is 65.3 Å². The molecule has 2 aliphatic heterocycles. The van der Waals surface area contributed by atoms with Crippen molar-refractivity contribution < 1.29 is 4.74 Å². The second-order valence-corrected chi connectivity index (χ2v) is 7.63. The van der Waals surface area contributed by atoms with Gasteiger partial charge in [-0.3, -0.25) is 0 Å². The fourth-order valence-corrected chi connectivity index (χ4v) is 3.88. The van der Waals surface area contributed by atoms with Crippen LogP contribution in [0.15, 0.2) is 0 Å². The molecule has 0 aromatic rings. The summed E-state index contributed by atoms with van der Waals surface area (Å²) < 4.78 is 5.63. The zero-order valence-electron chi connectivity index (χ0n) is 14.5. The summed E-state index contributed by atoms with van der Waals surface area (Å²) in [5.74, 6) is 0.967. The molecule has 1 N–H and O–H groups in total. The molecule has 0 amide bonds. The average molecular weight is 296 g/mol. The van der Waals surface area contributed by atoms with Crippen LogP contribution in [0.1, 0.15) is 59.3 Å². The lowest BCUT2D eigenvalue weighted by Gasteiger charge is -2.41. The molecule has 1 atom stereocenters. The highest BCUT2D eigenvalue weighted by Gasteiger charge is 2.34. The summed E-state index contributed by atoms with van der Waals surface area (Å²) in [6.45, 7) is 13.8. The molecule has 21 heavy (non-hydrogen) atoms. The molecule has 1 unspecified atom stereocenters. The van der Waals surface area contributed by atoms with E-state index in [1.54, 1.807) is 0 Å². The van der Waals surface area contributed by atoms with Crippen molar-refractivity contribution in [3.8, 4) is 0 Å². The SMILES string of the molecule is CCC1CCCN(CC2(CNC(C)C)CCOCC2)CC1. The Morgan fingerprint density at radius 3 is 2.62 bits per heavy atom. The molecule has 2 heterocycles. The van der Waals surface area contributed by atoms with Crippen LogP contribution in [0.4, 0.5) is 0 Å². The van der Waals surface area contributed by atoms with Gasteiger partial charge < -0.3 is 15.0 Å². The number of nitrogens with zero attached hydrogens (tertiary/aromatic N) is 1. The third-order valence-corrected chi connectivity index (χ3v) is 5.52. The number of hydrogen-bond acceptors (Lipinski definition) is 3. The zero-order valence-corrected chi connectivity index (χ0v) is 14.5. The van der Waals surface area contributed by atoms with Gasteiger partial charge in [-0.25, -0.2) is 0 Å². The summed E-state index contributed by atoms with van der Waals surface area (Å²) >= 11 is 0. The fraction of sp³-hybridized carbons (Fsp3) is 1.00. The molecular weight excluding hydrogens is 260 g/mol. The minimum atomic E-state index is 0.439.